The van der Waals surface area contributed by atoms with E-state index in [0.717, 1.165) is 23.4 Å². The zero-order valence-electron chi connectivity index (χ0n) is 21.7. The molecule has 0 aliphatic carbocycles. The lowest BCUT2D eigenvalue weighted by atomic mass is 10.1. The first-order valence-corrected chi connectivity index (χ1v) is 15.0. The summed E-state index contributed by atoms with van der Waals surface area (Å²) in [5, 5.41) is 3.71. The molecule has 0 N–H and O–H groups in total. The monoisotopic (exact) mass is 484 g/mol. The molecule has 0 saturated carbocycles. The van der Waals surface area contributed by atoms with E-state index in [4.69, 9.17) is 19.4 Å². The normalized spacial score (nSPS) is 13.7. The van der Waals surface area contributed by atoms with Crippen LogP contribution in [-0.4, -0.2) is 33.1 Å². The van der Waals surface area contributed by atoms with Crippen LogP contribution < -0.4 is 4.74 Å². The van der Waals surface area contributed by atoms with Gasteiger partial charge in [0.05, 0.1) is 11.8 Å². The fourth-order valence-corrected chi connectivity index (χ4v) is 4.52. The minimum atomic E-state index is -2.03. The number of aryl methyl sites for hydroxylation is 1. The number of azide groups is 1. The third kappa shape index (κ3) is 8.13. The summed E-state index contributed by atoms with van der Waals surface area (Å²) < 4.78 is 18.7. The van der Waals surface area contributed by atoms with Crippen molar-refractivity contribution in [3.05, 3.63) is 69.9 Å². The minimum absolute atomic E-state index is 0.0835. The van der Waals surface area contributed by atoms with Crippen molar-refractivity contribution in [3.8, 4) is 5.75 Å². The van der Waals surface area contributed by atoms with Crippen LogP contribution in [0.3, 0.4) is 0 Å². The van der Waals surface area contributed by atoms with Gasteiger partial charge in [-0.25, -0.2) is 0 Å². The van der Waals surface area contributed by atoms with Crippen molar-refractivity contribution < 1.29 is 13.9 Å². The molecule has 0 fully saturated rings. The standard InChI is InChI=1S/C26H40N4O3Si/c1-8-20-10-15-23(28-18-20)25(33-34(6,7)26(3,4)5)19-32-22-13-11-21(12-14-22)24(31-9-2)16-17-29-30-27/h10-15,18,24-25H,8-9,16-17,19H2,1-7H3/t24?,25-/m1/s1. The molecule has 7 nitrogen and oxygen atoms in total. The lowest BCUT2D eigenvalue weighted by Crippen LogP contribution is -2.43. The second-order valence-corrected chi connectivity index (χ2v) is 14.6. The van der Waals surface area contributed by atoms with Gasteiger partial charge in [-0.05, 0) is 72.8 Å². The molecule has 1 unspecified atom stereocenters. The predicted molar refractivity (Wildman–Crippen MR) is 140 cm³/mol. The molecule has 0 amide bonds. The maximum atomic E-state index is 8.53. The van der Waals surface area contributed by atoms with Crippen LogP contribution in [0.4, 0.5) is 0 Å². The molecule has 1 heterocycles. The van der Waals surface area contributed by atoms with Gasteiger partial charge in [-0.1, -0.05) is 51.0 Å². The highest BCUT2D eigenvalue weighted by molar-refractivity contribution is 6.74. The summed E-state index contributed by atoms with van der Waals surface area (Å²) in [6.07, 6.45) is 3.17. The van der Waals surface area contributed by atoms with Crippen molar-refractivity contribution in [2.45, 2.75) is 77.8 Å². The maximum Gasteiger partial charge on any atom is 0.193 e. The van der Waals surface area contributed by atoms with Crippen molar-refractivity contribution in [2.24, 2.45) is 5.11 Å². The Hall–Kier alpha value is -2.38. The Labute approximate surface area is 205 Å². The van der Waals surface area contributed by atoms with Crippen molar-refractivity contribution >= 4 is 8.32 Å². The lowest BCUT2D eigenvalue weighted by Gasteiger charge is -2.39. The Morgan fingerprint density at radius 3 is 2.29 bits per heavy atom. The quantitative estimate of drug-likeness (QED) is 0.127. The number of hydrogen-bond acceptors (Lipinski definition) is 5. The number of aromatic nitrogens is 1. The SMILES string of the molecule is CCOC(CCN=[N+]=[N-])c1ccc(OC[C@@H](O[Si](C)(C)C(C)(C)C)c2ccc(CC)cn2)cc1. The van der Waals surface area contributed by atoms with Crippen molar-refractivity contribution in [1.82, 2.24) is 4.98 Å². The molecule has 0 radical (unpaired) electrons. The van der Waals surface area contributed by atoms with Crippen molar-refractivity contribution in [1.29, 1.82) is 0 Å². The molecule has 1 aromatic heterocycles. The first kappa shape index (κ1) is 27.9. The van der Waals surface area contributed by atoms with Crippen molar-refractivity contribution in [3.63, 3.8) is 0 Å². The highest BCUT2D eigenvalue weighted by atomic mass is 28.4. The van der Waals surface area contributed by atoms with Crippen LogP contribution in [0.5, 0.6) is 5.75 Å². The number of benzene rings is 1. The molecule has 0 saturated heterocycles. The summed E-state index contributed by atoms with van der Waals surface area (Å²) in [7, 11) is -2.03. The molecule has 0 bridgehead atoms. The second-order valence-electron chi connectivity index (χ2n) is 9.88. The number of nitrogens with zero attached hydrogens (tertiary/aromatic N) is 4. The summed E-state index contributed by atoms with van der Waals surface area (Å²) in [5.74, 6) is 0.767. The molecule has 186 valence electrons. The fourth-order valence-electron chi connectivity index (χ4n) is 3.27. The summed E-state index contributed by atoms with van der Waals surface area (Å²) >= 11 is 0. The van der Waals surface area contributed by atoms with E-state index in [1.165, 1.54) is 5.56 Å². The number of ether oxygens (including phenoxy) is 2. The van der Waals surface area contributed by atoms with E-state index in [1.54, 1.807) is 0 Å². The number of hydrogen-bond donors (Lipinski definition) is 0. The topological polar surface area (TPSA) is 89.3 Å². The van der Waals surface area contributed by atoms with Crippen LogP contribution >= 0.6 is 0 Å². The van der Waals surface area contributed by atoms with Gasteiger partial charge < -0.3 is 13.9 Å². The number of rotatable bonds is 13. The van der Waals surface area contributed by atoms with Gasteiger partial charge in [0.15, 0.2) is 8.32 Å². The van der Waals surface area contributed by atoms with E-state index in [9.17, 15) is 0 Å². The fraction of sp³-hybridized carbons (Fsp3) is 0.577. The molecule has 0 spiro atoms. The molecule has 2 atom stereocenters. The van der Waals surface area contributed by atoms with Gasteiger partial charge in [-0.3, -0.25) is 4.98 Å². The van der Waals surface area contributed by atoms with E-state index in [0.29, 0.717) is 26.2 Å². The van der Waals surface area contributed by atoms with Crippen LogP contribution in [0.1, 0.15) is 70.1 Å². The zero-order chi connectivity index (χ0) is 25.2. The summed E-state index contributed by atoms with van der Waals surface area (Å²) in [4.78, 5) is 7.51. The smallest absolute Gasteiger partial charge is 0.193 e. The first-order valence-electron chi connectivity index (χ1n) is 12.1. The third-order valence-corrected chi connectivity index (χ3v) is 10.9. The Balaban J connectivity index is 2.15. The molecule has 8 heteroatoms. The van der Waals surface area contributed by atoms with Crippen LogP contribution in [0, 0.1) is 0 Å². The Kier molecular flexibility index (Phi) is 10.6. The molecule has 1 aromatic carbocycles. The average Bonchev–Trinajstić information content (AvgIpc) is 2.81. The maximum absolute atomic E-state index is 8.53. The molecule has 0 aliphatic heterocycles. The van der Waals surface area contributed by atoms with Gasteiger partial charge in [-0.2, -0.15) is 0 Å². The highest BCUT2D eigenvalue weighted by Crippen LogP contribution is 2.39. The molecule has 0 aliphatic rings. The van der Waals surface area contributed by atoms with Crippen LogP contribution in [0.15, 0.2) is 47.7 Å². The molecule has 2 rings (SSSR count). The van der Waals surface area contributed by atoms with Crippen LogP contribution in [0.2, 0.25) is 18.1 Å². The highest BCUT2D eigenvalue weighted by Gasteiger charge is 2.40. The van der Waals surface area contributed by atoms with Gasteiger partial charge in [0, 0.05) is 24.3 Å². The van der Waals surface area contributed by atoms with Gasteiger partial charge >= 0.3 is 0 Å². The van der Waals surface area contributed by atoms with Gasteiger partial charge in [0.25, 0.3) is 0 Å². The first-order chi connectivity index (χ1) is 16.1. The third-order valence-electron chi connectivity index (χ3n) is 6.40. The Morgan fingerprint density at radius 2 is 1.76 bits per heavy atom. The summed E-state index contributed by atoms with van der Waals surface area (Å²) in [6.45, 7) is 16.7. The minimum Gasteiger partial charge on any atom is -0.491 e. The van der Waals surface area contributed by atoms with Gasteiger partial charge in [0.2, 0.25) is 0 Å². The van der Waals surface area contributed by atoms with Crippen molar-refractivity contribution in [2.75, 3.05) is 19.8 Å². The van der Waals surface area contributed by atoms with Gasteiger partial charge in [-0.15, -0.1) is 0 Å². The van der Waals surface area contributed by atoms with E-state index in [1.807, 2.05) is 37.4 Å². The van der Waals surface area contributed by atoms with Gasteiger partial charge in [0.1, 0.15) is 18.5 Å². The summed E-state index contributed by atoms with van der Waals surface area (Å²) in [5.41, 5.74) is 11.7. The zero-order valence-corrected chi connectivity index (χ0v) is 22.7. The second kappa shape index (κ2) is 12.9. The van der Waals surface area contributed by atoms with Crippen LogP contribution in [0.25, 0.3) is 10.4 Å². The molecular formula is C26H40N4O3Si. The predicted octanol–water partition coefficient (Wildman–Crippen LogP) is 7.56. The van der Waals surface area contributed by atoms with E-state index >= 15 is 0 Å². The van der Waals surface area contributed by atoms with Crippen LogP contribution in [-0.2, 0) is 15.6 Å². The number of pyridine rings is 1. The molecule has 34 heavy (non-hydrogen) atoms. The average molecular weight is 485 g/mol. The molecule has 2 aromatic rings. The Morgan fingerprint density at radius 1 is 1.06 bits per heavy atom. The lowest BCUT2D eigenvalue weighted by molar-refractivity contribution is 0.0579. The van der Waals surface area contributed by atoms with E-state index < -0.39 is 8.32 Å². The van der Waals surface area contributed by atoms with E-state index in [-0.39, 0.29) is 17.2 Å². The largest absolute Gasteiger partial charge is 0.491 e. The molecular weight excluding hydrogens is 444 g/mol. The summed E-state index contributed by atoms with van der Waals surface area (Å²) in [6, 6.07) is 12.1. The Bertz CT molecular complexity index is 921. The van der Waals surface area contributed by atoms with E-state index in [2.05, 4.69) is 67.9 Å².